The number of hydrogen-bond acceptors (Lipinski definition) is 2. The first-order chi connectivity index (χ1) is 9.92. The van der Waals surface area contributed by atoms with Gasteiger partial charge in [0.05, 0.1) is 0 Å². The minimum atomic E-state index is -0.191. The van der Waals surface area contributed by atoms with E-state index < -0.39 is 0 Å². The van der Waals surface area contributed by atoms with Crippen molar-refractivity contribution in [2.24, 2.45) is 16.9 Å². The maximum atomic E-state index is 11.5. The molecule has 1 unspecified atom stereocenters. The molecule has 4 N–H and O–H groups in total. The van der Waals surface area contributed by atoms with Crippen molar-refractivity contribution in [2.45, 2.75) is 64.8 Å². The molecular formula is C18H28N2O. The fourth-order valence-corrected chi connectivity index (χ4v) is 3.70. The van der Waals surface area contributed by atoms with Gasteiger partial charge in [-0.25, -0.2) is 0 Å². The van der Waals surface area contributed by atoms with E-state index in [0.717, 1.165) is 19.3 Å². The van der Waals surface area contributed by atoms with Gasteiger partial charge in [0.15, 0.2) is 0 Å². The fraction of sp³-hybridized carbons (Fsp3) is 0.611. The molecule has 0 bridgehead atoms. The van der Waals surface area contributed by atoms with Crippen LogP contribution in [0.4, 0.5) is 0 Å². The SMILES string of the molecule is Cc1ccc(C(N)CC2(CC(N)=O)CCCCC2)cc1C. The molecular weight excluding hydrogens is 260 g/mol. The molecule has 3 nitrogen and oxygen atoms in total. The first-order valence-corrected chi connectivity index (χ1v) is 8.03. The molecule has 1 aromatic rings. The topological polar surface area (TPSA) is 69.1 Å². The standard InChI is InChI=1S/C18H28N2O/c1-13-6-7-15(10-14(13)2)16(19)11-18(12-17(20)21)8-4-3-5-9-18/h6-7,10,16H,3-5,8-9,11-12,19H2,1-2H3,(H2,20,21). The Kier molecular flexibility index (Phi) is 5.04. The number of nitrogens with two attached hydrogens (primary N) is 2. The van der Waals surface area contributed by atoms with E-state index in [0.29, 0.717) is 6.42 Å². The average Bonchev–Trinajstić information content (AvgIpc) is 2.41. The van der Waals surface area contributed by atoms with Crippen LogP contribution in [0.5, 0.6) is 0 Å². The van der Waals surface area contributed by atoms with E-state index in [9.17, 15) is 4.79 Å². The second-order valence-electron chi connectivity index (χ2n) is 6.86. The molecule has 0 saturated heterocycles. The zero-order valence-electron chi connectivity index (χ0n) is 13.3. The highest BCUT2D eigenvalue weighted by Crippen LogP contribution is 2.45. The maximum absolute atomic E-state index is 11.5. The number of aryl methyl sites for hydroxylation is 2. The molecule has 21 heavy (non-hydrogen) atoms. The average molecular weight is 288 g/mol. The number of carbonyl (C=O) groups is 1. The quantitative estimate of drug-likeness (QED) is 0.870. The van der Waals surface area contributed by atoms with Gasteiger partial charge >= 0.3 is 0 Å². The highest BCUT2D eigenvalue weighted by molar-refractivity contribution is 5.74. The summed E-state index contributed by atoms with van der Waals surface area (Å²) < 4.78 is 0. The van der Waals surface area contributed by atoms with Gasteiger partial charge in [-0.3, -0.25) is 4.79 Å². The molecule has 1 amide bonds. The molecule has 0 aliphatic heterocycles. The highest BCUT2D eigenvalue weighted by Gasteiger charge is 2.35. The molecule has 1 aromatic carbocycles. The lowest BCUT2D eigenvalue weighted by Crippen LogP contribution is -2.33. The van der Waals surface area contributed by atoms with Crippen LogP contribution >= 0.6 is 0 Å². The molecule has 3 heteroatoms. The Morgan fingerprint density at radius 2 is 1.86 bits per heavy atom. The van der Waals surface area contributed by atoms with E-state index in [4.69, 9.17) is 11.5 Å². The summed E-state index contributed by atoms with van der Waals surface area (Å²) in [6.07, 6.45) is 7.13. The minimum absolute atomic E-state index is 0.0123. The number of primary amides is 1. The summed E-state index contributed by atoms with van der Waals surface area (Å²) in [5.74, 6) is -0.191. The minimum Gasteiger partial charge on any atom is -0.370 e. The summed E-state index contributed by atoms with van der Waals surface area (Å²) in [5, 5.41) is 0. The van der Waals surface area contributed by atoms with Gasteiger partial charge in [-0.15, -0.1) is 0 Å². The van der Waals surface area contributed by atoms with Crippen LogP contribution in [0, 0.1) is 19.3 Å². The molecule has 0 spiro atoms. The van der Waals surface area contributed by atoms with Crippen molar-refractivity contribution in [3.05, 3.63) is 34.9 Å². The predicted octanol–water partition coefficient (Wildman–Crippen LogP) is 3.52. The zero-order valence-corrected chi connectivity index (χ0v) is 13.3. The summed E-state index contributed by atoms with van der Waals surface area (Å²) in [5.41, 5.74) is 15.7. The van der Waals surface area contributed by atoms with Crippen LogP contribution < -0.4 is 11.5 Å². The van der Waals surface area contributed by atoms with Crippen molar-refractivity contribution >= 4 is 5.91 Å². The Bertz CT molecular complexity index is 504. The van der Waals surface area contributed by atoms with Crippen molar-refractivity contribution in [2.75, 3.05) is 0 Å². The second-order valence-corrected chi connectivity index (χ2v) is 6.86. The second kappa shape index (κ2) is 6.61. The van der Waals surface area contributed by atoms with Crippen LogP contribution in [0.15, 0.2) is 18.2 Å². The Labute approximate surface area is 128 Å². The van der Waals surface area contributed by atoms with Crippen LogP contribution in [0.3, 0.4) is 0 Å². The first-order valence-electron chi connectivity index (χ1n) is 8.03. The van der Waals surface area contributed by atoms with Crippen molar-refractivity contribution < 1.29 is 4.79 Å². The lowest BCUT2D eigenvalue weighted by molar-refractivity contribution is -0.121. The van der Waals surface area contributed by atoms with E-state index in [1.54, 1.807) is 0 Å². The number of benzene rings is 1. The Balaban J connectivity index is 2.15. The number of amides is 1. The van der Waals surface area contributed by atoms with Gasteiger partial charge in [0.25, 0.3) is 0 Å². The van der Waals surface area contributed by atoms with Gasteiger partial charge in [0.2, 0.25) is 5.91 Å². The Hall–Kier alpha value is -1.35. The van der Waals surface area contributed by atoms with Crippen molar-refractivity contribution in [3.8, 4) is 0 Å². The van der Waals surface area contributed by atoms with Crippen LogP contribution in [0.25, 0.3) is 0 Å². The smallest absolute Gasteiger partial charge is 0.217 e. The van der Waals surface area contributed by atoms with Crippen LogP contribution in [0.1, 0.15) is 67.7 Å². The molecule has 0 aromatic heterocycles. The van der Waals surface area contributed by atoms with Crippen molar-refractivity contribution in [1.29, 1.82) is 0 Å². The predicted molar refractivity (Wildman–Crippen MR) is 86.8 cm³/mol. The maximum Gasteiger partial charge on any atom is 0.217 e. The van der Waals surface area contributed by atoms with E-state index >= 15 is 0 Å². The molecule has 2 rings (SSSR count). The third-order valence-electron chi connectivity index (χ3n) is 5.08. The third-order valence-corrected chi connectivity index (χ3v) is 5.08. The van der Waals surface area contributed by atoms with Gasteiger partial charge in [-0.2, -0.15) is 0 Å². The highest BCUT2D eigenvalue weighted by atomic mass is 16.1. The summed E-state index contributed by atoms with van der Waals surface area (Å²) in [7, 11) is 0. The van der Waals surface area contributed by atoms with Gasteiger partial charge in [-0.1, -0.05) is 37.5 Å². The van der Waals surface area contributed by atoms with Crippen LogP contribution in [-0.4, -0.2) is 5.91 Å². The molecule has 0 radical (unpaired) electrons. The van der Waals surface area contributed by atoms with Gasteiger partial charge in [0.1, 0.15) is 0 Å². The third kappa shape index (κ3) is 4.07. The van der Waals surface area contributed by atoms with E-state index in [1.807, 2.05) is 0 Å². The molecule has 1 atom stereocenters. The molecule has 116 valence electrons. The van der Waals surface area contributed by atoms with E-state index in [2.05, 4.69) is 32.0 Å². The largest absolute Gasteiger partial charge is 0.370 e. The Morgan fingerprint density at radius 3 is 2.43 bits per heavy atom. The number of hydrogen-bond donors (Lipinski definition) is 2. The molecule has 1 fully saturated rings. The normalized spacial score (nSPS) is 19.2. The van der Waals surface area contributed by atoms with Crippen LogP contribution in [-0.2, 0) is 4.79 Å². The summed E-state index contributed by atoms with van der Waals surface area (Å²) in [6, 6.07) is 6.42. The monoisotopic (exact) mass is 288 g/mol. The van der Waals surface area contributed by atoms with Crippen molar-refractivity contribution in [3.63, 3.8) is 0 Å². The lowest BCUT2D eigenvalue weighted by Gasteiger charge is -2.38. The number of carbonyl (C=O) groups excluding carboxylic acids is 1. The summed E-state index contributed by atoms with van der Waals surface area (Å²) in [4.78, 5) is 11.5. The lowest BCUT2D eigenvalue weighted by atomic mass is 9.67. The van der Waals surface area contributed by atoms with Crippen molar-refractivity contribution in [1.82, 2.24) is 0 Å². The van der Waals surface area contributed by atoms with Gasteiger partial charge < -0.3 is 11.5 Å². The Morgan fingerprint density at radius 1 is 1.19 bits per heavy atom. The summed E-state index contributed by atoms with van der Waals surface area (Å²) in [6.45, 7) is 4.23. The van der Waals surface area contributed by atoms with Gasteiger partial charge in [0, 0.05) is 12.5 Å². The zero-order chi connectivity index (χ0) is 15.5. The molecule has 1 saturated carbocycles. The van der Waals surface area contributed by atoms with Gasteiger partial charge in [-0.05, 0) is 55.2 Å². The fourth-order valence-electron chi connectivity index (χ4n) is 3.70. The molecule has 1 aliphatic rings. The first kappa shape index (κ1) is 16.0. The summed E-state index contributed by atoms with van der Waals surface area (Å²) >= 11 is 0. The van der Waals surface area contributed by atoms with E-state index in [1.165, 1.54) is 36.0 Å². The molecule has 1 aliphatic carbocycles. The van der Waals surface area contributed by atoms with E-state index in [-0.39, 0.29) is 17.4 Å². The molecule has 0 heterocycles. The number of rotatable bonds is 5. The van der Waals surface area contributed by atoms with Crippen LogP contribution in [0.2, 0.25) is 0 Å².